The normalized spacial score (nSPS) is 11.6. The van der Waals surface area contributed by atoms with Gasteiger partial charge in [0.2, 0.25) is 20.8 Å². The lowest BCUT2D eigenvalue weighted by atomic mass is 10.1. The molecule has 2 heterocycles. The van der Waals surface area contributed by atoms with Crippen LogP contribution in [-0.4, -0.2) is 39.6 Å². The van der Waals surface area contributed by atoms with E-state index in [-0.39, 0.29) is 11.0 Å². The molecule has 0 saturated heterocycles. The van der Waals surface area contributed by atoms with Crippen LogP contribution >= 0.6 is 0 Å². The minimum atomic E-state index is -3.46. The monoisotopic (exact) mass is 365 g/mol. The van der Waals surface area contributed by atoms with Gasteiger partial charge in [-0.3, -0.25) is 0 Å². The molecule has 0 unspecified atom stereocenters. The van der Waals surface area contributed by atoms with E-state index in [9.17, 15) is 8.42 Å². The van der Waals surface area contributed by atoms with Crippen LogP contribution in [0.1, 0.15) is 0 Å². The molecule has 0 amide bonds. The summed E-state index contributed by atoms with van der Waals surface area (Å²) >= 11 is 0. The second-order valence-electron chi connectivity index (χ2n) is 5.76. The maximum atomic E-state index is 11.6. The van der Waals surface area contributed by atoms with Gasteiger partial charge in [-0.15, -0.1) is 0 Å². The molecular formula is C18H15N5O2S. The van der Waals surface area contributed by atoms with E-state index < -0.39 is 9.84 Å². The zero-order valence-electron chi connectivity index (χ0n) is 13.9. The van der Waals surface area contributed by atoms with E-state index in [1.807, 2.05) is 66.7 Å². The fourth-order valence-corrected chi connectivity index (χ4v) is 3.06. The summed E-state index contributed by atoms with van der Waals surface area (Å²) in [4.78, 5) is 4.06. The molecule has 4 rings (SSSR count). The fraction of sp³-hybridized carbons (Fsp3) is 0.0556. The molecule has 0 saturated carbocycles. The number of nitrogens with one attached hydrogen (secondary N) is 1. The quantitative estimate of drug-likeness (QED) is 0.600. The summed E-state index contributed by atoms with van der Waals surface area (Å²) in [5.74, 6) is 0.234. The van der Waals surface area contributed by atoms with Gasteiger partial charge in [-0.1, -0.05) is 48.5 Å². The average Bonchev–Trinajstić information content (AvgIpc) is 3.30. The Morgan fingerprint density at radius 3 is 2.23 bits per heavy atom. The van der Waals surface area contributed by atoms with Gasteiger partial charge < -0.3 is 0 Å². The second-order valence-corrected chi connectivity index (χ2v) is 7.70. The average molecular weight is 365 g/mol. The Kier molecular flexibility index (Phi) is 3.89. The highest BCUT2D eigenvalue weighted by atomic mass is 32.2. The van der Waals surface area contributed by atoms with Gasteiger partial charge >= 0.3 is 0 Å². The number of aromatic nitrogens is 5. The van der Waals surface area contributed by atoms with Crippen molar-refractivity contribution in [3.63, 3.8) is 0 Å². The molecule has 7 nitrogen and oxygen atoms in total. The fourth-order valence-electron chi connectivity index (χ4n) is 2.60. The van der Waals surface area contributed by atoms with E-state index >= 15 is 0 Å². The van der Waals surface area contributed by atoms with E-state index in [4.69, 9.17) is 0 Å². The summed E-state index contributed by atoms with van der Waals surface area (Å²) in [5, 5.41) is 10.9. The van der Waals surface area contributed by atoms with Crippen LogP contribution in [0.4, 0.5) is 0 Å². The molecule has 0 bridgehead atoms. The van der Waals surface area contributed by atoms with Crippen LogP contribution in [0.3, 0.4) is 0 Å². The molecule has 0 aliphatic carbocycles. The summed E-state index contributed by atoms with van der Waals surface area (Å²) in [6.45, 7) is 0. The summed E-state index contributed by atoms with van der Waals surface area (Å²) < 4.78 is 25.1. The number of para-hydroxylation sites is 1. The minimum Gasteiger partial charge on any atom is -0.249 e. The lowest BCUT2D eigenvalue weighted by molar-refractivity contribution is 0.594. The number of rotatable bonds is 4. The zero-order valence-corrected chi connectivity index (χ0v) is 14.7. The van der Waals surface area contributed by atoms with Crippen molar-refractivity contribution < 1.29 is 8.42 Å². The maximum Gasteiger partial charge on any atom is 0.243 e. The minimum absolute atomic E-state index is 0.178. The van der Waals surface area contributed by atoms with Crippen molar-refractivity contribution >= 4 is 9.84 Å². The number of nitrogens with zero attached hydrogens (tertiary/aromatic N) is 4. The lowest BCUT2D eigenvalue weighted by Crippen LogP contribution is -1.99. The number of sulfone groups is 1. The van der Waals surface area contributed by atoms with Gasteiger partial charge in [0, 0.05) is 11.8 Å². The van der Waals surface area contributed by atoms with Crippen LogP contribution < -0.4 is 0 Å². The van der Waals surface area contributed by atoms with Crippen molar-refractivity contribution in [3.05, 3.63) is 66.7 Å². The Bertz CT molecular complexity index is 1090. The van der Waals surface area contributed by atoms with Gasteiger partial charge in [-0.05, 0) is 18.2 Å². The van der Waals surface area contributed by atoms with Crippen LogP contribution in [0.2, 0.25) is 0 Å². The standard InChI is InChI=1S/C18H15N5O2S/c1-26(24,25)18-19-17(20-21-18)15-12-16(13-8-4-2-5-9-13)23(22-15)14-10-6-3-7-11-14/h2-12H,1H3,(H,19,20,21). The molecule has 130 valence electrons. The molecule has 0 atom stereocenters. The van der Waals surface area contributed by atoms with Gasteiger partial charge in [-0.2, -0.15) is 15.2 Å². The first-order valence-electron chi connectivity index (χ1n) is 7.86. The number of hydrogen-bond donors (Lipinski definition) is 1. The summed E-state index contributed by atoms with van der Waals surface area (Å²) in [6.07, 6.45) is 1.08. The van der Waals surface area contributed by atoms with Crippen LogP contribution in [0.5, 0.6) is 0 Å². The Labute approximate surface area is 150 Å². The van der Waals surface area contributed by atoms with Crippen LogP contribution in [0.25, 0.3) is 28.5 Å². The Morgan fingerprint density at radius 2 is 1.62 bits per heavy atom. The molecular weight excluding hydrogens is 350 g/mol. The molecule has 0 spiro atoms. The highest BCUT2D eigenvalue weighted by Crippen LogP contribution is 2.27. The first-order chi connectivity index (χ1) is 12.5. The molecule has 0 aliphatic rings. The largest absolute Gasteiger partial charge is 0.249 e. The Balaban J connectivity index is 1.88. The van der Waals surface area contributed by atoms with E-state index in [1.165, 1.54) is 0 Å². The molecule has 1 N–H and O–H groups in total. The molecule has 26 heavy (non-hydrogen) atoms. The zero-order chi connectivity index (χ0) is 18.1. The third-order valence-corrected chi connectivity index (χ3v) is 4.71. The van der Waals surface area contributed by atoms with Crippen LogP contribution in [-0.2, 0) is 9.84 Å². The van der Waals surface area contributed by atoms with E-state index in [2.05, 4.69) is 20.3 Å². The SMILES string of the molecule is CS(=O)(=O)c1nc(-c2cc(-c3ccccc3)n(-c3ccccc3)n2)n[nH]1. The second kappa shape index (κ2) is 6.23. The maximum absolute atomic E-state index is 11.6. The molecule has 0 fully saturated rings. The first kappa shape index (κ1) is 16.2. The number of hydrogen-bond acceptors (Lipinski definition) is 5. The molecule has 0 aliphatic heterocycles. The van der Waals surface area contributed by atoms with Crippen molar-refractivity contribution in [1.82, 2.24) is 25.0 Å². The van der Waals surface area contributed by atoms with Gasteiger partial charge in [0.1, 0.15) is 5.69 Å². The van der Waals surface area contributed by atoms with Gasteiger partial charge in [0.05, 0.1) is 11.4 Å². The van der Waals surface area contributed by atoms with Gasteiger partial charge in [0.15, 0.2) is 0 Å². The summed E-state index contributed by atoms with van der Waals surface area (Å²) in [6, 6.07) is 21.4. The summed E-state index contributed by atoms with van der Waals surface area (Å²) in [7, 11) is -3.46. The first-order valence-corrected chi connectivity index (χ1v) is 9.75. The highest BCUT2D eigenvalue weighted by molar-refractivity contribution is 7.90. The number of aromatic amines is 1. The van der Waals surface area contributed by atoms with Crippen LogP contribution in [0.15, 0.2) is 71.9 Å². The van der Waals surface area contributed by atoms with Gasteiger partial charge in [0.25, 0.3) is 0 Å². The van der Waals surface area contributed by atoms with Crippen molar-refractivity contribution in [3.8, 4) is 28.5 Å². The predicted molar refractivity (Wildman–Crippen MR) is 97.5 cm³/mol. The van der Waals surface area contributed by atoms with Crippen LogP contribution in [0, 0.1) is 0 Å². The molecule has 4 aromatic rings. The molecule has 2 aromatic carbocycles. The molecule has 2 aromatic heterocycles. The molecule has 0 radical (unpaired) electrons. The van der Waals surface area contributed by atoms with Crippen molar-refractivity contribution in [2.24, 2.45) is 0 Å². The molecule has 8 heteroatoms. The predicted octanol–water partition coefficient (Wildman–Crippen LogP) is 2.73. The van der Waals surface area contributed by atoms with E-state index in [1.54, 1.807) is 4.68 Å². The van der Waals surface area contributed by atoms with Gasteiger partial charge in [-0.25, -0.2) is 18.2 Å². The summed E-state index contributed by atoms with van der Waals surface area (Å²) in [5.41, 5.74) is 3.21. The van der Waals surface area contributed by atoms with E-state index in [0.29, 0.717) is 5.69 Å². The third kappa shape index (κ3) is 3.02. The van der Waals surface area contributed by atoms with Crippen molar-refractivity contribution in [2.45, 2.75) is 5.16 Å². The lowest BCUT2D eigenvalue weighted by Gasteiger charge is -2.07. The van der Waals surface area contributed by atoms with E-state index in [0.717, 1.165) is 23.2 Å². The Morgan fingerprint density at radius 1 is 0.962 bits per heavy atom. The number of H-pyrrole nitrogens is 1. The number of benzene rings is 2. The highest BCUT2D eigenvalue weighted by Gasteiger charge is 2.19. The third-order valence-electron chi connectivity index (χ3n) is 3.82. The topological polar surface area (TPSA) is 93.5 Å². The van der Waals surface area contributed by atoms with Crippen molar-refractivity contribution in [1.29, 1.82) is 0 Å². The smallest absolute Gasteiger partial charge is 0.243 e. The van der Waals surface area contributed by atoms with Crippen molar-refractivity contribution in [2.75, 3.05) is 6.26 Å². The Hall–Kier alpha value is -3.26.